The number of carboxylic acids is 1. The normalized spacial score (nSPS) is 24.2. The van der Waals surface area contributed by atoms with Crippen molar-refractivity contribution in [2.45, 2.75) is 148 Å². The Morgan fingerprint density at radius 3 is 1.34 bits per heavy atom. The van der Waals surface area contributed by atoms with E-state index in [1.807, 2.05) is 38.1 Å². The second-order valence-corrected chi connectivity index (χ2v) is 22.3. The summed E-state index contributed by atoms with van der Waals surface area (Å²) in [7, 11) is 0. The Labute approximate surface area is 470 Å². The number of carbonyl (C=O) groups is 8. The Kier molecular flexibility index (Phi) is 17.6. The molecular weight excluding hydrogens is 1000 g/mol. The van der Waals surface area contributed by atoms with Crippen LogP contribution in [0.2, 0.25) is 0 Å². The molecule has 8 atom stereocenters. The molecule has 4 aliphatic rings. The van der Waals surface area contributed by atoms with Crippen molar-refractivity contribution in [3.8, 4) is 11.5 Å². The minimum absolute atomic E-state index is 0. The van der Waals surface area contributed by atoms with Crippen molar-refractivity contribution in [3.63, 3.8) is 0 Å². The molecule has 2 aliphatic carbocycles. The number of fused-ring (bicyclic) bond motifs is 2. The Bertz CT molecular complexity index is 2870. The number of aromatic nitrogens is 2. The van der Waals surface area contributed by atoms with Crippen LogP contribution in [0.25, 0.3) is 21.8 Å². The van der Waals surface area contributed by atoms with E-state index in [0.29, 0.717) is 35.0 Å². The smallest absolute Gasteiger partial charge is 0.543 e. The third-order valence-corrected chi connectivity index (χ3v) is 13.9. The Balaban J connectivity index is 0.000000246. The number of aryl methyl sites for hydroxylation is 2. The third kappa shape index (κ3) is 13.4. The predicted molar refractivity (Wildman–Crippen MR) is 279 cm³/mol. The Morgan fingerprint density at radius 1 is 0.636 bits per heavy atom. The van der Waals surface area contributed by atoms with Gasteiger partial charge in [-0.25, -0.2) is 19.6 Å². The number of amides is 4. The molecule has 0 unspecified atom stereocenters. The van der Waals surface area contributed by atoms with Gasteiger partial charge >= 0.3 is 41.7 Å². The number of Topliss-reactive ketones (excluding diaryl/α,β-unsaturated/α-hetero) is 3. The first kappa shape index (κ1) is 59.5. The maximum atomic E-state index is 13.5. The van der Waals surface area contributed by atoms with E-state index < -0.39 is 76.5 Å². The average molecular weight is 1070 g/mol. The van der Waals surface area contributed by atoms with Gasteiger partial charge in [0.15, 0.2) is 17.3 Å². The van der Waals surface area contributed by atoms with Crippen LogP contribution in [0.5, 0.6) is 11.5 Å². The molecule has 4 aromatic rings. The average Bonchev–Trinajstić information content (AvgIpc) is 4.10. The van der Waals surface area contributed by atoms with E-state index in [1.54, 1.807) is 71.9 Å². The fourth-order valence-corrected chi connectivity index (χ4v) is 9.78. The van der Waals surface area contributed by atoms with Crippen molar-refractivity contribution in [1.82, 2.24) is 30.4 Å². The molecule has 2 aromatic heterocycles. The Morgan fingerprint density at radius 2 is 1.01 bits per heavy atom. The van der Waals surface area contributed by atoms with E-state index in [4.69, 9.17) is 18.9 Å². The number of carbonyl (C=O) groups excluding carboxylic acids is 8. The largest absolute Gasteiger partial charge is 1.00 e. The number of hydrogen-bond acceptors (Lipinski definition) is 15. The van der Waals surface area contributed by atoms with Crippen LogP contribution in [0.1, 0.15) is 120 Å². The van der Waals surface area contributed by atoms with Gasteiger partial charge in [-0.2, -0.15) is 0 Å². The number of nitrogens with one attached hydrogen (secondary N) is 2. The van der Waals surface area contributed by atoms with Gasteiger partial charge in [-0.05, 0) is 117 Å². The molecular formula is C57H67N6NaO13. The van der Waals surface area contributed by atoms with Gasteiger partial charge in [0.25, 0.3) is 0 Å². The fourth-order valence-electron chi connectivity index (χ4n) is 9.78. The van der Waals surface area contributed by atoms with Gasteiger partial charge in [0.2, 0.25) is 11.8 Å². The monoisotopic (exact) mass is 1070 g/mol. The zero-order valence-electron chi connectivity index (χ0n) is 46.0. The molecule has 2 saturated heterocycles. The fraction of sp³-hybridized carbons (Fsp3) is 0.474. The topological polar surface area (TPSA) is 253 Å². The molecule has 2 N–H and O–H groups in total. The summed E-state index contributed by atoms with van der Waals surface area (Å²) < 4.78 is 23.7. The van der Waals surface area contributed by atoms with Crippen LogP contribution in [0.4, 0.5) is 9.59 Å². The number of ketones is 3. The summed E-state index contributed by atoms with van der Waals surface area (Å²) in [6, 6.07) is 12.0. The van der Waals surface area contributed by atoms with E-state index in [-0.39, 0.29) is 102 Å². The summed E-state index contributed by atoms with van der Waals surface area (Å²) in [6.45, 7) is 26.1. The first-order chi connectivity index (χ1) is 35.5. The predicted octanol–water partition coefficient (Wildman–Crippen LogP) is 3.47. The number of pyridine rings is 2. The number of benzene rings is 2. The maximum absolute atomic E-state index is 13.5. The van der Waals surface area contributed by atoms with E-state index in [2.05, 4.69) is 33.8 Å². The van der Waals surface area contributed by atoms with Crippen LogP contribution in [0.3, 0.4) is 0 Å². The zero-order valence-corrected chi connectivity index (χ0v) is 48.0. The van der Waals surface area contributed by atoms with Gasteiger partial charge in [0, 0.05) is 54.5 Å². The number of hydrogen-bond donors (Lipinski definition) is 2. The van der Waals surface area contributed by atoms with Gasteiger partial charge < -0.3 is 39.5 Å². The number of aromatic carboxylic acids is 1. The van der Waals surface area contributed by atoms with Crippen LogP contribution < -0.4 is 54.8 Å². The van der Waals surface area contributed by atoms with Gasteiger partial charge in [-0.3, -0.25) is 33.8 Å². The molecule has 2 aliphatic heterocycles. The van der Waals surface area contributed by atoms with E-state index in [1.165, 1.54) is 36.6 Å². The molecule has 77 heavy (non-hydrogen) atoms. The van der Waals surface area contributed by atoms with Gasteiger partial charge in [0.1, 0.15) is 63.8 Å². The molecule has 2 saturated carbocycles. The molecule has 19 nitrogen and oxygen atoms in total. The molecule has 0 radical (unpaired) electrons. The quantitative estimate of drug-likeness (QED) is 0.104. The van der Waals surface area contributed by atoms with Crippen LogP contribution in [-0.2, 0) is 28.7 Å². The maximum Gasteiger partial charge on any atom is 1.00 e. The first-order valence-electron chi connectivity index (χ1n) is 25.3. The molecule has 2 aromatic carbocycles. The minimum atomic E-state index is -1.45. The summed E-state index contributed by atoms with van der Waals surface area (Å²) in [5, 5.41) is 18.6. The summed E-state index contributed by atoms with van der Waals surface area (Å²) >= 11 is 0. The molecule has 4 amide bonds. The van der Waals surface area contributed by atoms with Gasteiger partial charge in [-0.15, -0.1) is 13.2 Å². The second kappa shape index (κ2) is 22.7. The van der Waals surface area contributed by atoms with Gasteiger partial charge in [0.05, 0.1) is 35.8 Å². The second-order valence-electron chi connectivity index (χ2n) is 22.3. The summed E-state index contributed by atoms with van der Waals surface area (Å²) in [5.41, 5.74) is -0.693. The van der Waals surface area contributed by atoms with Crippen molar-refractivity contribution in [3.05, 3.63) is 96.4 Å². The van der Waals surface area contributed by atoms with Gasteiger partial charge in [-0.1, -0.05) is 24.3 Å². The number of carboxylic acid groups (broad SMARTS) is 1. The van der Waals surface area contributed by atoms with Crippen molar-refractivity contribution in [1.29, 1.82) is 0 Å². The zero-order chi connectivity index (χ0) is 56.0. The van der Waals surface area contributed by atoms with Crippen molar-refractivity contribution in [2.75, 3.05) is 13.1 Å². The SMILES string of the molecule is C=C[C@@H]1C[C@]1(NC(=O)[C@@H]1C[C@@H](Oc2cc(C(=O)[O-])nc3cc(C)ccc23)CN1C(=O)OC(C)(C)C)C(C)=O.C=C[C@@H]1C[C@]1(NC(=O)[C@@H]1C[C@@H](Oc2cc(C(C)=O)nc3cc(C)ccc23)CN1C(=O)OC(C)(C)C)C(C)=O.[Na+]. The summed E-state index contributed by atoms with van der Waals surface area (Å²) in [5.74, 6) is -2.55. The van der Waals surface area contributed by atoms with Crippen LogP contribution in [0, 0.1) is 25.7 Å². The molecule has 0 spiro atoms. The van der Waals surface area contributed by atoms with Crippen molar-refractivity contribution in [2.24, 2.45) is 11.8 Å². The third-order valence-electron chi connectivity index (χ3n) is 13.9. The molecule has 404 valence electrons. The standard InChI is InChI=1S/C29H35N3O6.C28H33N3O7.Na/c1-8-19-14-29(19,18(4)34)31-26(35)24-12-20(15-32(24)27(36)38-28(5,6)7)37-25-13-22(17(3)33)30-23-11-16(2)9-10-21(23)25;1-7-17-13-28(17,16(3)32)30-24(33)22-11-18(14-31(22)26(36)38-27(4,5)6)37-23-12-21(25(34)35)29-20-10-15(2)8-9-19(20)23;/h8-11,13,19-20,24H,1,12,14-15H2,2-7H3,(H,31,35);7-10,12,17-18,22H,1,11,13-14H2,2-6H3,(H,30,33)(H,34,35);/q;;+1/p-1/t19-,20-,24+,29+;17-,18-,22+,28+;/m11./s1. The van der Waals surface area contributed by atoms with E-state index in [0.717, 1.165) is 16.5 Å². The minimum Gasteiger partial charge on any atom is -0.543 e. The molecule has 0 bridgehead atoms. The number of nitrogens with zero attached hydrogens (tertiary/aromatic N) is 4. The van der Waals surface area contributed by atoms with E-state index >= 15 is 0 Å². The van der Waals surface area contributed by atoms with Crippen LogP contribution in [0.15, 0.2) is 73.8 Å². The summed E-state index contributed by atoms with van der Waals surface area (Å²) in [4.78, 5) is 113. The molecule has 8 rings (SSSR count). The van der Waals surface area contributed by atoms with Crippen molar-refractivity contribution < 1.29 is 92.0 Å². The molecule has 20 heteroatoms. The van der Waals surface area contributed by atoms with Crippen molar-refractivity contribution >= 4 is 69.1 Å². The number of ether oxygens (including phenoxy) is 4. The summed E-state index contributed by atoms with van der Waals surface area (Å²) in [6.07, 6.45) is 1.96. The first-order valence-corrected chi connectivity index (χ1v) is 25.3. The number of likely N-dealkylation sites (tertiary alicyclic amines) is 2. The molecule has 4 fully saturated rings. The van der Waals surface area contributed by atoms with E-state index in [9.17, 15) is 43.5 Å². The number of rotatable bonds is 14. The van der Waals surface area contributed by atoms with Crippen LogP contribution in [-0.4, -0.2) is 127 Å². The van der Waals surface area contributed by atoms with Crippen LogP contribution >= 0.6 is 0 Å². The Hall–Kier alpha value is -6.70. The molecule has 4 heterocycles.